The van der Waals surface area contributed by atoms with Crippen molar-refractivity contribution in [3.8, 4) is 0 Å². The predicted molar refractivity (Wildman–Crippen MR) is 137 cm³/mol. The number of esters is 1. The molecule has 1 fully saturated rings. The third kappa shape index (κ3) is 17.0. The van der Waals surface area contributed by atoms with Crippen LogP contribution in [0.4, 0.5) is 0 Å². The van der Waals surface area contributed by atoms with E-state index in [4.69, 9.17) is 14.4 Å². The summed E-state index contributed by atoms with van der Waals surface area (Å²) in [5.74, 6) is -0.192. The second kappa shape index (κ2) is 19.9. The number of ether oxygens (including phenoxy) is 1. The molecule has 0 saturated carbocycles. The Morgan fingerprint density at radius 2 is 1.20 bits per heavy atom. The summed E-state index contributed by atoms with van der Waals surface area (Å²) in [6.45, 7) is 12.8. The molecule has 1 aliphatic rings. The summed E-state index contributed by atoms with van der Waals surface area (Å²) in [6.07, 6.45) is 2.88. The Morgan fingerprint density at radius 1 is 0.743 bits per heavy atom. The minimum Gasteiger partial charge on any atom is -0.465 e. The lowest BCUT2D eigenvalue weighted by molar-refractivity contribution is -0.144. The maximum Gasteiger partial charge on any atom is 0.320 e. The minimum absolute atomic E-state index is 0.192. The molecule has 1 rings (SSSR count). The molecule has 0 aliphatic carbocycles. The topological polar surface area (TPSA) is 81.3 Å². The van der Waals surface area contributed by atoms with E-state index in [1.54, 1.807) is 10.1 Å². The Kier molecular flexibility index (Phi) is 18.1. The van der Waals surface area contributed by atoms with Crippen LogP contribution in [0.15, 0.2) is 0 Å². The van der Waals surface area contributed by atoms with Crippen LogP contribution in [0.3, 0.4) is 0 Å². The zero-order valence-electron chi connectivity index (χ0n) is 22.8. The van der Waals surface area contributed by atoms with Crippen molar-refractivity contribution in [2.45, 2.75) is 19.8 Å². The first-order valence-corrected chi connectivity index (χ1v) is 12.9. The molecule has 1 aliphatic heterocycles. The van der Waals surface area contributed by atoms with Gasteiger partial charge in [0.25, 0.3) is 0 Å². The van der Waals surface area contributed by atoms with E-state index >= 15 is 0 Å². The number of carbonyl (C=O) groups excluding carboxylic acids is 2. The molecular weight excluding hydrogens is 452 g/mol. The second-order valence-corrected chi connectivity index (χ2v) is 9.23. The standard InChI is InChI=1S/C24H50N6O5/c1-6-33-24(32)23-30-12-8-11-29(19-22-35-26(4)5)14-13-28(18-21-34-25(2)3)10-7-9-27(15-16-30)17-20-31/h20H,6-19,21-23H2,1-5H3. The Bertz CT molecular complexity index is 554. The molecular formula is C24H50N6O5. The largest absolute Gasteiger partial charge is 0.465 e. The number of carbonyl (C=O) groups is 2. The van der Waals surface area contributed by atoms with E-state index in [1.165, 1.54) is 0 Å². The molecule has 0 aromatic carbocycles. The van der Waals surface area contributed by atoms with Crippen molar-refractivity contribution in [3.05, 3.63) is 0 Å². The molecule has 35 heavy (non-hydrogen) atoms. The summed E-state index contributed by atoms with van der Waals surface area (Å²) in [6, 6.07) is 0. The summed E-state index contributed by atoms with van der Waals surface area (Å²) in [7, 11) is 7.60. The number of hydrogen-bond acceptors (Lipinski definition) is 11. The molecule has 0 bridgehead atoms. The van der Waals surface area contributed by atoms with Crippen molar-refractivity contribution < 1.29 is 24.0 Å². The van der Waals surface area contributed by atoms with Crippen LogP contribution >= 0.6 is 0 Å². The Balaban J connectivity index is 2.83. The van der Waals surface area contributed by atoms with Gasteiger partial charge in [0.15, 0.2) is 0 Å². The van der Waals surface area contributed by atoms with Crippen LogP contribution in [0.1, 0.15) is 19.8 Å². The molecule has 0 atom stereocenters. The van der Waals surface area contributed by atoms with Gasteiger partial charge in [0, 0.05) is 74.0 Å². The van der Waals surface area contributed by atoms with E-state index in [0.717, 1.165) is 84.6 Å². The molecule has 0 unspecified atom stereocenters. The van der Waals surface area contributed by atoms with E-state index in [2.05, 4.69) is 19.6 Å². The zero-order valence-corrected chi connectivity index (χ0v) is 22.8. The van der Waals surface area contributed by atoms with Gasteiger partial charge in [-0.15, -0.1) is 0 Å². The van der Waals surface area contributed by atoms with Gasteiger partial charge in [0.2, 0.25) is 0 Å². The normalized spacial score (nSPS) is 19.2. The molecule has 0 radical (unpaired) electrons. The minimum atomic E-state index is -0.192. The van der Waals surface area contributed by atoms with Gasteiger partial charge < -0.3 is 9.53 Å². The van der Waals surface area contributed by atoms with Crippen LogP contribution < -0.4 is 0 Å². The highest BCUT2D eigenvalue weighted by molar-refractivity contribution is 5.71. The van der Waals surface area contributed by atoms with Crippen LogP contribution in [-0.4, -0.2) is 169 Å². The summed E-state index contributed by atoms with van der Waals surface area (Å²) >= 11 is 0. The summed E-state index contributed by atoms with van der Waals surface area (Å²) in [5, 5.41) is 3.48. The molecule has 1 saturated heterocycles. The SMILES string of the molecule is CCOC(=O)CN1CCCN(CCON(C)C)CCN(CCON(C)C)CCCN(CC=O)CC1. The van der Waals surface area contributed by atoms with Gasteiger partial charge in [0.1, 0.15) is 6.29 Å². The van der Waals surface area contributed by atoms with E-state index < -0.39 is 0 Å². The molecule has 0 spiro atoms. The van der Waals surface area contributed by atoms with Crippen molar-refractivity contribution in [1.82, 2.24) is 29.7 Å². The van der Waals surface area contributed by atoms with Crippen molar-refractivity contribution in [1.29, 1.82) is 0 Å². The summed E-state index contributed by atoms with van der Waals surface area (Å²) in [5.41, 5.74) is 0. The van der Waals surface area contributed by atoms with Crippen molar-refractivity contribution in [2.24, 2.45) is 0 Å². The quantitative estimate of drug-likeness (QED) is 0.190. The number of hydroxylamine groups is 4. The fourth-order valence-electron chi connectivity index (χ4n) is 4.04. The van der Waals surface area contributed by atoms with Crippen molar-refractivity contribution in [3.63, 3.8) is 0 Å². The lowest BCUT2D eigenvalue weighted by Crippen LogP contribution is -2.44. The van der Waals surface area contributed by atoms with Crippen LogP contribution in [0.5, 0.6) is 0 Å². The van der Waals surface area contributed by atoms with E-state index in [-0.39, 0.29) is 12.5 Å². The average Bonchev–Trinajstić information content (AvgIpc) is 2.79. The van der Waals surface area contributed by atoms with Gasteiger partial charge in [-0.2, -0.15) is 10.1 Å². The van der Waals surface area contributed by atoms with E-state index in [1.807, 2.05) is 35.1 Å². The van der Waals surface area contributed by atoms with E-state index in [0.29, 0.717) is 26.4 Å². The number of aldehydes is 1. The molecule has 0 aromatic heterocycles. The Labute approximate surface area is 212 Å². The first-order chi connectivity index (χ1) is 16.8. The zero-order chi connectivity index (χ0) is 25.9. The Hall–Kier alpha value is -1.18. The van der Waals surface area contributed by atoms with Crippen LogP contribution in [0.25, 0.3) is 0 Å². The number of nitrogens with zero attached hydrogens (tertiary/aromatic N) is 6. The highest BCUT2D eigenvalue weighted by Crippen LogP contribution is 2.04. The first-order valence-electron chi connectivity index (χ1n) is 12.9. The molecule has 0 N–H and O–H groups in total. The maximum atomic E-state index is 12.1. The highest BCUT2D eigenvalue weighted by atomic mass is 16.7. The molecule has 1 heterocycles. The Morgan fingerprint density at radius 3 is 1.69 bits per heavy atom. The monoisotopic (exact) mass is 502 g/mol. The van der Waals surface area contributed by atoms with Crippen LogP contribution in [-0.2, 0) is 24.0 Å². The smallest absolute Gasteiger partial charge is 0.320 e. The van der Waals surface area contributed by atoms with Crippen LogP contribution in [0, 0.1) is 0 Å². The lowest BCUT2D eigenvalue weighted by Gasteiger charge is -2.31. The maximum absolute atomic E-state index is 12.1. The molecule has 206 valence electrons. The average molecular weight is 503 g/mol. The fourth-order valence-corrected chi connectivity index (χ4v) is 4.04. The lowest BCUT2D eigenvalue weighted by atomic mass is 10.2. The summed E-state index contributed by atoms with van der Waals surface area (Å²) < 4.78 is 5.18. The van der Waals surface area contributed by atoms with Gasteiger partial charge in [0.05, 0.1) is 32.9 Å². The van der Waals surface area contributed by atoms with Crippen molar-refractivity contribution >= 4 is 12.3 Å². The molecule has 0 amide bonds. The third-order valence-corrected chi connectivity index (χ3v) is 5.87. The van der Waals surface area contributed by atoms with Gasteiger partial charge >= 0.3 is 5.97 Å². The summed E-state index contributed by atoms with van der Waals surface area (Å²) in [4.78, 5) is 43.9. The number of rotatable bonds is 13. The van der Waals surface area contributed by atoms with E-state index in [9.17, 15) is 9.59 Å². The van der Waals surface area contributed by atoms with Gasteiger partial charge in [-0.1, -0.05) is 0 Å². The van der Waals surface area contributed by atoms with Crippen molar-refractivity contribution in [2.75, 3.05) is 127 Å². The third-order valence-electron chi connectivity index (χ3n) is 5.87. The predicted octanol–water partition coefficient (Wildman–Crippen LogP) is -0.263. The van der Waals surface area contributed by atoms with Crippen LogP contribution in [0.2, 0.25) is 0 Å². The molecule has 11 heteroatoms. The second-order valence-electron chi connectivity index (χ2n) is 9.23. The van der Waals surface area contributed by atoms with Gasteiger partial charge in [-0.25, -0.2) is 0 Å². The first kappa shape index (κ1) is 31.8. The molecule has 0 aromatic rings. The van der Waals surface area contributed by atoms with Gasteiger partial charge in [-0.05, 0) is 39.4 Å². The highest BCUT2D eigenvalue weighted by Gasteiger charge is 2.17. The molecule has 11 nitrogen and oxygen atoms in total. The fraction of sp³-hybridized carbons (Fsp3) is 0.917. The number of hydrogen-bond donors (Lipinski definition) is 0. The van der Waals surface area contributed by atoms with Gasteiger partial charge in [-0.3, -0.25) is 34.1 Å².